The maximum absolute atomic E-state index is 12.2. The van der Waals surface area contributed by atoms with E-state index in [4.69, 9.17) is 0 Å². The van der Waals surface area contributed by atoms with E-state index in [0.717, 1.165) is 23.9 Å². The van der Waals surface area contributed by atoms with Crippen LogP contribution in [-0.4, -0.2) is 18.4 Å². The van der Waals surface area contributed by atoms with Crippen LogP contribution >= 0.6 is 0 Å². The van der Waals surface area contributed by atoms with E-state index in [1.807, 2.05) is 18.2 Å². The number of nitrogens with zero attached hydrogens (tertiary/aromatic N) is 1. The van der Waals surface area contributed by atoms with E-state index in [2.05, 4.69) is 12.1 Å². The number of carbonyl (C=O) groups is 2. The smallest absolute Gasteiger partial charge is 0.227 e. The summed E-state index contributed by atoms with van der Waals surface area (Å²) in [5, 5.41) is 13.3. The number of rotatable bonds is 2. The number of benzene rings is 2. The van der Waals surface area contributed by atoms with Gasteiger partial charge in [-0.25, -0.2) is 0 Å². The highest BCUT2D eigenvalue weighted by Gasteiger charge is 2.32. The minimum absolute atomic E-state index is 0.0330. The number of hydrogen-bond acceptors (Lipinski definition) is 3. The Kier molecular flexibility index (Phi) is 2.55. The van der Waals surface area contributed by atoms with E-state index in [-0.39, 0.29) is 18.9 Å². The van der Waals surface area contributed by atoms with Crippen LogP contribution in [0.1, 0.15) is 17.5 Å². The lowest BCUT2D eigenvalue weighted by molar-refractivity contribution is -0.310. The van der Waals surface area contributed by atoms with E-state index in [1.54, 1.807) is 4.90 Å². The van der Waals surface area contributed by atoms with Gasteiger partial charge in [-0.2, -0.15) is 0 Å². The summed E-state index contributed by atoms with van der Waals surface area (Å²) in [6.07, 6.45) is 2.10. The first-order valence-electron chi connectivity index (χ1n) is 7.20. The average Bonchev–Trinajstić information content (AvgIpc) is 3.05. The SMILES string of the molecule is O=C([O-])[C@@H]1CC(=O)N(c2ccc3c4c(cccc24)CC3)C1. The minimum atomic E-state index is -1.14. The number of aliphatic carboxylic acids is 1. The quantitative estimate of drug-likeness (QED) is 0.826. The van der Waals surface area contributed by atoms with Crippen LogP contribution in [0.2, 0.25) is 0 Å². The zero-order valence-electron chi connectivity index (χ0n) is 11.5. The molecule has 2 aliphatic rings. The van der Waals surface area contributed by atoms with Crippen LogP contribution in [0, 0.1) is 5.92 Å². The van der Waals surface area contributed by atoms with Gasteiger partial charge in [-0.05, 0) is 35.4 Å². The highest BCUT2D eigenvalue weighted by molar-refractivity contribution is 6.08. The second kappa shape index (κ2) is 4.32. The first kappa shape index (κ1) is 12.4. The zero-order valence-corrected chi connectivity index (χ0v) is 11.5. The molecule has 0 spiro atoms. The van der Waals surface area contributed by atoms with Crippen molar-refractivity contribution in [1.29, 1.82) is 0 Å². The Hall–Kier alpha value is -2.36. The fourth-order valence-corrected chi connectivity index (χ4v) is 3.57. The normalized spacial score (nSPS) is 20.5. The van der Waals surface area contributed by atoms with Crippen LogP contribution in [0.5, 0.6) is 0 Å². The van der Waals surface area contributed by atoms with Gasteiger partial charge in [0.1, 0.15) is 0 Å². The number of hydrogen-bond donors (Lipinski definition) is 0. The third-order valence-electron chi connectivity index (χ3n) is 4.60. The van der Waals surface area contributed by atoms with Gasteiger partial charge in [-0.1, -0.05) is 24.3 Å². The number of carboxylic acids is 1. The summed E-state index contributed by atoms with van der Waals surface area (Å²) in [7, 11) is 0. The molecule has 21 heavy (non-hydrogen) atoms. The fraction of sp³-hybridized carbons (Fsp3) is 0.294. The summed E-state index contributed by atoms with van der Waals surface area (Å²) >= 11 is 0. The summed E-state index contributed by atoms with van der Waals surface area (Å²) in [5.41, 5.74) is 3.45. The van der Waals surface area contributed by atoms with Gasteiger partial charge in [-0.15, -0.1) is 0 Å². The molecule has 1 aliphatic heterocycles. The summed E-state index contributed by atoms with van der Waals surface area (Å²) < 4.78 is 0. The zero-order chi connectivity index (χ0) is 14.6. The molecule has 2 aromatic rings. The van der Waals surface area contributed by atoms with Crippen LogP contribution in [0.25, 0.3) is 10.8 Å². The molecule has 1 amide bonds. The Balaban J connectivity index is 1.85. The monoisotopic (exact) mass is 280 g/mol. The van der Waals surface area contributed by atoms with Gasteiger partial charge in [0.25, 0.3) is 0 Å². The van der Waals surface area contributed by atoms with Crippen molar-refractivity contribution in [1.82, 2.24) is 0 Å². The first-order chi connectivity index (χ1) is 10.1. The molecule has 1 saturated heterocycles. The molecule has 0 radical (unpaired) electrons. The third kappa shape index (κ3) is 1.75. The van der Waals surface area contributed by atoms with Crippen LogP contribution in [0.3, 0.4) is 0 Å². The molecule has 0 bridgehead atoms. The molecule has 1 aliphatic carbocycles. The molecule has 4 heteroatoms. The second-order valence-corrected chi connectivity index (χ2v) is 5.81. The Morgan fingerprint density at radius 1 is 1.14 bits per heavy atom. The van der Waals surface area contributed by atoms with Crippen molar-refractivity contribution in [3.63, 3.8) is 0 Å². The number of aryl methyl sites for hydroxylation is 2. The highest BCUT2D eigenvalue weighted by Crippen LogP contribution is 2.38. The number of carbonyl (C=O) groups excluding carboxylic acids is 2. The molecule has 4 rings (SSSR count). The first-order valence-corrected chi connectivity index (χ1v) is 7.20. The van der Waals surface area contributed by atoms with E-state index >= 15 is 0 Å². The molecule has 0 saturated carbocycles. The van der Waals surface area contributed by atoms with Crippen LogP contribution in [-0.2, 0) is 22.4 Å². The lowest BCUT2D eigenvalue weighted by Gasteiger charge is -2.20. The molecular weight excluding hydrogens is 266 g/mol. The maximum Gasteiger partial charge on any atom is 0.227 e. The maximum atomic E-state index is 12.2. The fourth-order valence-electron chi connectivity index (χ4n) is 3.57. The Labute approximate surface area is 122 Å². The van der Waals surface area contributed by atoms with Crippen molar-refractivity contribution >= 4 is 28.3 Å². The van der Waals surface area contributed by atoms with Crippen molar-refractivity contribution in [3.05, 3.63) is 41.5 Å². The predicted molar refractivity (Wildman–Crippen MR) is 76.8 cm³/mol. The van der Waals surface area contributed by atoms with Crippen molar-refractivity contribution in [3.8, 4) is 0 Å². The molecule has 0 aromatic heterocycles. The number of carboxylic acid groups (broad SMARTS) is 1. The average molecular weight is 280 g/mol. The summed E-state index contributed by atoms with van der Waals surface area (Å²) in [4.78, 5) is 24.8. The van der Waals surface area contributed by atoms with E-state index in [0.29, 0.717) is 0 Å². The highest BCUT2D eigenvalue weighted by atomic mass is 16.4. The lowest BCUT2D eigenvalue weighted by atomic mass is 10.0. The summed E-state index contributed by atoms with van der Waals surface area (Å²) in [6.45, 7) is 0.208. The summed E-state index contributed by atoms with van der Waals surface area (Å²) in [5.74, 6) is -1.99. The van der Waals surface area contributed by atoms with Crippen LogP contribution < -0.4 is 10.0 Å². The van der Waals surface area contributed by atoms with Crippen molar-refractivity contribution in [2.24, 2.45) is 5.92 Å². The van der Waals surface area contributed by atoms with E-state index < -0.39 is 11.9 Å². The van der Waals surface area contributed by atoms with Crippen molar-refractivity contribution in [2.75, 3.05) is 11.4 Å². The molecule has 106 valence electrons. The molecular formula is C17H14NO3-. The van der Waals surface area contributed by atoms with Crippen LogP contribution in [0.4, 0.5) is 5.69 Å². The lowest BCUT2D eigenvalue weighted by Crippen LogP contribution is -2.33. The molecule has 1 fully saturated rings. The van der Waals surface area contributed by atoms with Gasteiger partial charge < -0.3 is 14.8 Å². The third-order valence-corrected chi connectivity index (χ3v) is 4.60. The number of anilines is 1. The van der Waals surface area contributed by atoms with E-state index in [1.165, 1.54) is 16.5 Å². The van der Waals surface area contributed by atoms with Gasteiger partial charge in [0.15, 0.2) is 0 Å². The van der Waals surface area contributed by atoms with Crippen molar-refractivity contribution in [2.45, 2.75) is 19.3 Å². The Morgan fingerprint density at radius 2 is 1.90 bits per heavy atom. The predicted octanol–water partition coefficient (Wildman–Crippen LogP) is 1.04. The van der Waals surface area contributed by atoms with Gasteiger partial charge in [0.05, 0.1) is 5.69 Å². The Bertz CT molecular complexity index is 771. The van der Waals surface area contributed by atoms with Gasteiger partial charge >= 0.3 is 0 Å². The molecule has 2 aromatic carbocycles. The molecule has 4 nitrogen and oxygen atoms in total. The second-order valence-electron chi connectivity index (χ2n) is 5.81. The van der Waals surface area contributed by atoms with Gasteiger partial charge in [0, 0.05) is 30.2 Å². The summed E-state index contributed by atoms with van der Waals surface area (Å²) in [6, 6.07) is 10.2. The molecule has 1 atom stereocenters. The van der Waals surface area contributed by atoms with E-state index in [9.17, 15) is 14.7 Å². The minimum Gasteiger partial charge on any atom is -0.550 e. The topological polar surface area (TPSA) is 60.4 Å². The van der Waals surface area contributed by atoms with Crippen LogP contribution in [0.15, 0.2) is 30.3 Å². The van der Waals surface area contributed by atoms with Gasteiger partial charge in [0.2, 0.25) is 5.91 Å². The molecule has 1 heterocycles. The standard InChI is InChI=1S/C17H15NO3/c19-15-8-12(17(20)21)9-18(15)14-7-6-11-5-4-10-2-1-3-13(14)16(10)11/h1-3,6-7,12H,4-5,8-9H2,(H,20,21)/p-1/t12-/m1/s1. The Morgan fingerprint density at radius 3 is 2.62 bits per heavy atom. The number of amides is 1. The largest absolute Gasteiger partial charge is 0.550 e. The van der Waals surface area contributed by atoms with Crippen molar-refractivity contribution < 1.29 is 14.7 Å². The molecule has 0 unspecified atom stereocenters. The molecule has 0 N–H and O–H groups in total. The van der Waals surface area contributed by atoms with Gasteiger partial charge in [-0.3, -0.25) is 4.79 Å².